The molecule has 0 atom stereocenters. The van der Waals surface area contributed by atoms with E-state index in [4.69, 9.17) is 0 Å². The Labute approximate surface area is 145 Å². The fourth-order valence-electron chi connectivity index (χ4n) is 2.82. The van der Waals surface area contributed by atoms with Gasteiger partial charge in [0.1, 0.15) is 0 Å². The van der Waals surface area contributed by atoms with Gasteiger partial charge < -0.3 is 0 Å². The van der Waals surface area contributed by atoms with Crippen molar-refractivity contribution in [3.63, 3.8) is 0 Å². The molecule has 1 aromatic heterocycles. The van der Waals surface area contributed by atoms with Gasteiger partial charge in [-0.1, -0.05) is 30.3 Å². The number of nitrogens with one attached hydrogen (secondary N) is 1. The highest BCUT2D eigenvalue weighted by molar-refractivity contribution is 7.16. The van der Waals surface area contributed by atoms with Gasteiger partial charge in [0.15, 0.2) is 5.13 Å². The number of nitrogens with zero attached hydrogens (tertiary/aromatic N) is 1. The number of aromatic nitrogens is 1. The first-order valence-corrected chi connectivity index (χ1v) is 8.30. The third kappa shape index (κ3) is 2.91. The Bertz CT molecular complexity index is 978. The maximum atomic E-state index is 12.8. The monoisotopic (exact) mass is 360 g/mol. The van der Waals surface area contributed by atoms with Crippen LogP contribution in [0.4, 0.5) is 18.3 Å². The van der Waals surface area contributed by atoms with Crippen molar-refractivity contribution in [1.82, 2.24) is 4.98 Å². The Kier molecular flexibility index (Phi) is 3.61. The van der Waals surface area contributed by atoms with Crippen molar-refractivity contribution in [2.24, 2.45) is 0 Å². The normalized spacial score (nSPS) is 12.6. The molecule has 4 rings (SSSR count). The first kappa shape index (κ1) is 15.8. The number of hydrogen-bond acceptors (Lipinski definition) is 3. The van der Waals surface area contributed by atoms with Gasteiger partial charge in [-0.05, 0) is 23.8 Å². The second-order valence-electron chi connectivity index (χ2n) is 5.66. The lowest BCUT2D eigenvalue weighted by Gasteiger charge is -2.08. The minimum Gasteiger partial charge on any atom is -0.298 e. The van der Waals surface area contributed by atoms with E-state index in [0.29, 0.717) is 5.13 Å². The van der Waals surface area contributed by atoms with Gasteiger partial charge in [-0.25, -0.2) is 4.98 Å². The first-order valence-electron chi connectivity index (χ1n) is 7.48. The summed E-state index contributed by atoms with van der Waals surface area (Å²) in [5.41, 5.74) is 2.15. The molecular weight excluding hydrogens is 349 g/mol. The minimum absolute atomic E-state index is 0.0504. The Morgan fingerprint density at radius 3 is 2.72 bits per heavy atom. The van der Waals surface area contributed by atoms with E-state index < -0.39 is 17.6 Å². The van der Waals surface area contributed by atoms with Gasteiger partial charge in [0.2, 0.25) is 0 Å². The van der Waals surface area contributed by atoms with Crippen molar-refractivity contribution >= 4 is 22.4 Å². The standard InChI is InChI=1S/C18H11F3N2OS/c19-18(20,21)12-6-3-5-11(8-12)16(24)23-17-22-15-13-7-2-1-4-10(13)9-14(15)25-17/h1-8H,9H2,(H,22,23,24). The van der Waals surface area contributed by atoms with E-state index in [-0.39, 0.29) is 5.56 Å². The van der Waals surface area contributed by atoms with E-state index in [1.165, 1.54) is 29.0 Å². The maximum Gasteiger partial charge on any atom is 0.416 e. The van der Waals surface area contributed by atoms with Gasteiger partial charge in [0, 0.05) is 22.4 Å². The van der Waals surface area contributed by atoms with E-state index in [1.54, 1.807) is 0 Å². The molecule has 1 aliphatic rings. The summed E-state index contributed by atoms with van der Waals surface area (Å²) in [7, 11) is 0. The van der Waals surface area contributed by atoms with Crippen molar-refractivity contribution in [2.45, 2.75) is 12.6 Å². The van der Waals surface area contributed by atoms with Crippen LogP contribution in [0.5, 0.6) is 0 Å². The van der Waals surface area contributed by atoms with Gasteiger partial charge in [-0.2, -0.15) is 13.2 Å². The topological polar surface area (TPSA) is 42.0 Å². The zero-order chi connectivity index (χ0) is 17.6. The Hall–Kier alpha value is -2.67. The minimum atomic E-state index is -4.48. The molecule has 1 amide bonds. The molecule has 0 aliphatic heterocycles. The van der Waals surface area contributed by atoms with Crippen LogP contribution < -0.4 is 5.32 Å². The zero-order valence-corrected chi connectivity index (χ0v) is 13.5. The summed E-state index contributed by atoms with van der Waals surface area (Å²) in [5, 5.41) is 2.99. The molecule has 0 saturated carbocycles. The van der Waals surface area contributed by atoms with Crippen molar-refractivity contribution in [3.05, 3.63) is 70.1 Å². The Balaban J connectivity index is 1.58. The number of fused-ring (bicyclic) bond motifs is 3. The molecule has 2 aromatic carbocycles. The summed E-state index contributed by atoms with van der Waals surface area (Å²) in [5.74, 6) is -0.605. The predicted octanol–water partition coefficient (Wildman–Crippen LogP) is 4.99. The molecule has 7 heteroatoms. The molecule has 0 spiro atoms. The lowest BCUT2D eigenvalue weighted by molar-refractivity contribution is -0.137. The number of amides is 1. The number of thiazole rings is 1. The Morgan fingerprint density at radius 1 is 1.12 bits per heavy atom. The maximum absolute atomic E-state index is 12.8. The summed E-state index contributed by atoms with van der Waals surface area (Å²) in [6, 6.07) is 12.2. The molecule has 0 fully saturated rings. The average molecular weight is 360 g/mol. The molecule has 1 heterocycles. The van der Waals surface area contributed by atoms with Crippen LogP contribution in [0.3, 0.4) is 0 Å². The second-order valence-corrected chi connectivity index (χ2v) is 6.74. The van der Waals surface area contributed by atoms with Crippen molar-refractivity contribution in [2.75, 3.05) is 5.32 Å². The summed E-state index contributed by atoms with van der Waals surface area (Å²) < 4.78 is 38.3. The molecule has 1 N–H and O–H groups in total. The zero-order valence-electron chi connectivity index (χ0n) is 12.7. The highest BCUT2D eigenvalue weighted by Crippen LogP contribution is 2.40. The summed E-state index contributed by atoms with van der Waals surface area (Å²) in [6.07, 6.45) is -3.73. The van der Waals surface area contributed by atoms with Gasteiger partial charge >= 0.3 is 6.18 Å². The van der Waals surface area contributed by atoms with Crippen LogP contribution >= 0.6 is 11.3 Å². The number of carbonyl (C=O) groups excluding carboxylic acids is 1. The van der Waals surface area contributed by atoms with Crippen LogP contribution in [0.1, 0.15) is 26.4 Å². The molecule has 0 saturated heterocycles. The number of benzene rings is 2. The molecular formula is C18H11F3N2OS. The van der Waals surface area contributed by atoms with Crippen LogP contribution in [0.15, 0.2) is 48.5 Å². The van der Waals surface area contributed by atoms with E-state index in [0.717, 1.165) is 34.7 Å². The third-order valence-corrected chi connectivity index (χ3v) is 4.96. The van der Waals surface area contributed by atoms with Gasteiger partial charge in [0.25, 0.3) is 5.91 Å². The lowest BCUT2D eigenvalue weighted by Crippen LogP contribution is -2.13. The fourth-order valence-corrected chi connectivity index (χ4v) is 3.81. The highest BCUT2D eigenvalue weighted by atomic mass is 32.1. The largest absolute Gasteiger partial charge is 0.416 e. The molecule has 0 bridgehead atoms. The number of rotatable bonds is 2. The van der Waals surface area contributed by atoms with Gasteiger partial charge in [0.05, 0.1) is 11.3 Å². The SMILES string of the molecule is O=C(Nc1nc2c(s1)Cc1ccccc1-2)c1cccc(C(F)(F)F)c1. The molecule has 0 radical (unpaired) electrons. The summed E-state index contributed by atoms with van der Waals surface area (Å²) in [4.78, 5) is 17.7. The van der Waals surface area contributed by atoms with Crippen LogP contribution in [0, 0.1) is 0 Å². The number of alkyl halides is 3. The van der Waals surface area contributed by atoms with Crippen LogP contribution in [-0.2, 0) is 12.6 Å². The lowest BCUT2D eigenvalue weighted by atomic mass is 10.1. The van der Waals surface area contributed by atoms with E-state index in [2.05, 4.69) is 10.3 Å². The number of hydrogen-bond donors (Lipinski definition) is 1. The van der Waals surface area contributed by atoms with Crippen LogP contribution in [0.2, 0.25) is 0 Å². The fraction of sp³-hybridized carbons (Fsp3) is 0.111. The van der Waals surface area contributed by atoms with Gasteiger partial charge in [-0.15, -0.1) is 11.3 Å². The molecule has 25 heavy (non-hydrogen) atoms. The molecule has 3 nitrogen and oxygen atoms in total. The highest BCUT2D eigenvalue weighted by Gasteiger charge is 2.31. The first-order chi connectivity index (χ1) is 11.9. The number of anilines is 1. The van der Waals surface area contributed by atoms with Crippen LogP contribution in [-0.4, -0.2) is 10.9 Å². The van der Waals surface area contributed by atoms with Crippen molar-refractivity contribution in [1.29, 1.82) is 0 Å². The van der Waals surface area contributed by atoms with Crippen molar-refractivity contribution < 1.29 is 18.0 Å². The van der Waals surface area contributed by atoms with Crippen molar-refractivity contribution in [3.8, 4) is 11.3 Å². The van der Waals surface area contributed by atoms with E-state index >= 15 is 0 Å². The summed E-state index contributed by atoms with van der Waals surface area (Å²) in [6.45, 7) is 0. The van der Waals surface area contributed by atoms with Gasteiger partial charge in [-0.3, -0.25) is 10.1 Å². The number of halogens is 3. The van der Waals surface area contributed by atoms with Crippen LogP contribution in [0.25, 0.3) is 11.3 Å². The molecule has 1 aliphatic carbocycles. The Morgan fingerprint density at radius 2 is 1.92 bits per heavy atom. The second kappa shape index (κ2) is 5.70. The molecule has 0 unspecified atom stereocenters. The van der Waals surface area contributed by atoms with E-state index in [1.807, 2.05) is 24.3 Å². The number of carbonyl (C=O) groups is 1. The average Bonchev–Trinajstić information content (AvgIpc) is 3.11. The smallest absolute Gasteiger partial charge is 0.298 e. The summed E-state index contributed by atoms with van der Waals surface area (Å²) >= 11 is 1.35. The van der Waals surface area contributed by atoms with E-state index in [9.17, 15) is 18.0 Å². The third-order valence-electron chi connectivity index (χ3n) is 3.99. The predicted molar refractivity (Wildman–Crippen MR) is 89.8 cm³/mol. The molecule has 3 aromatic rings. The molecule has 126 valence electrons. The quantitative estimate of drug-likeness (QED) is 0.547.